The number of piperidine rings is 1. The third-order valence-corrected chi connectivity index (χ3v) is 3.88. The molecule has 3 N–H and O–H groups in total. The van der Waals surface area contributed by atoms with Crippen LogP contribution in [0.3, 0.4) is 0 Å². The number of carbonyl (C=O) groups is 1. The van der Waals surface area contributed by atoms with E-state index in [4.69, 9.17) is 17.3 Å². The number of rotatable bonds is 3. The van der Waals surface area contributed by atoms with Gasteiger partial charge in [-0.1, -0.05) is 11.6 Å². The molecule has 4 nitrogen and oxygen atoms in total. The number of nitrogens with two attached hydrogens (primary N) is 1. The number of nitrogens with zero attached hydrogens (tertiary/aromatic N) is 1. The van der Waals surface area contributed by atoms with E-state index >= 15 is 0 Å². The summed E-state index contributed by atoms with van der Waals surface area (Å²) in [4.78, 5) is 14.0. The zero-order valence-electron chi connectivity index (χ0n) is 11.2. The lowest BCUT2D eigenvalue weighted by Gasteiger charge is -2.34. The summed E-state index contributed by atoms with van der Waals surface area (Å²) in [6, 6.07) is 5.77. The summed E-state index contributed by atoms with van der Waals surface area (Å²) in [6.45, 7) is 2.16. The lowest BCUT2D eigenvalue weighted by molar-refractivity contribution is -0.124. The van der Waals surface area contributed by atoms with Crippen LogP contribution >= 0.6 is 11.6 Å². The van der Waals surface area contributed by atoms with Crippen LogP contribution < -0.4 is 16.0 Å². The minimum absolute atomic E-state index is 0.0556. The predicted molar refractivity (Wildman–Crippen MR) is 78.3 cm³/mol. The lowest BCUT2D eigenvalue weighted by atomic mass is 9.96. The van der Waals surface area contributed by atoms with E-state index in [0.717, 1.165) is 37.2 Å². The van der Waals surface area contributed by atoms with E-state index in [-0.39, 0.29) is 11.8 Å². The van der Waals surface area contributed by atoms with Crippen LogP contribution in [0.4, 0.5) is 5.69 Å². The second-order valence-corrected chi connectivity index (χ2v) is 5.31. The van der Waals surface area contributed by atoms with Crippen molar-refractivity contribution in [1.29, 1.82) is 0 Å². The molecular formula is C14H20ClN3O. The molecule has 1 aromatic carbocycles. The number of hydrogen-bond donors (Lipinski definition) is 2. The van der Waals surface area contributed by atoms with Gasteiger partial charge < -0.3 is 16.0 Å². The lowest BCUT2D eigenvalue weighted by Crippen LogP contribution is -2.42. The van der Waals surface area contributed by atoms with Gasteiger partial charge in [0.2, 0.25) is 5.91 Å². The molecular weight excluding hydrogens is 262 g/mol. The van der Waals surface area contributed by atoms with E-state index < -0.39 is 0 Å². The summed E-state index contributed by atoms with van der Waals surface area (Å²) in [5.74, 6) is 0.174. The van der Waals surface area contributed by atoms with Crippen LogP contribution in [0.2, 0.25) is 5.02 Å². The van der Waals surface area contributed by atoms with Gasteiger partial charge in [-0.2, -0.15) is 0 Å². The Morgan fingerprint density at radius 1 is 1.58 bits per heavy atom. The molecule has 0 radical (unpaired) electrons. The van der Waals surface area contributed by atoms with Crippen molar-refractivity contribution in [3.05, 3.63) is 28.8 Å². The Morgan fingerprint density at radius 3 is 3.05 bits per heavy atom. The first-order valence-electron chi connectivity index (χ1n) is 6.60. The SMILES string of the molecule is CNC(=O)C1CCCN(c2ccc(Cl)cc2CN)C1. The maximum Gasteiger partial charge on any atom is 0.224 e. The molecule has 104 valence electrons. The Bertz CT molecular complexity index is 464. The largest absolute Gasteiger partial charge is 0.370 e. The second kappa shape index (κ2) is 6.26. The fraction of sp³-hybridized carbons (Fsp3) is 0.500. The zero-order valence-corrected chi connectivity index (χ0v) is 11.9. The molecule has 1 heterocycles. The summed E-state index contributed by atoms with van der Waals surface area (Å²) in [5.41, 5.74) is 7.91. The highest BCUT2D eigenvalue weighted by Crippen LogP contribution is 2.28. The molecule has 0 spiro atoms. The first-order chi connectivity index (χ1) is 9.15. The Hall–Kier alpha value is -1.26. The summed E-state index contributed by atoms with van der Waals surface area (Å²) in [5, 5.41) is 3.43. The number of nitrogens with one attached hydrogen (secondary N) is 1. The minimum atomic E-state index is 0.0556. The van der Waals surface area contributed by atoms with Gasteiger partial charge in [0, 0.05) is 37.4 Å². The van der Waals surface area contributed by atoms with Gasteiger partial charge in [0.25, 0.3) is 0 Å². The third kappa shape index (κ3) is 3.19. The fourth-order valence-electron chi connectivity index (χ4n) is 2.64. The summed E-state index contributed by atoms with van der Waals surface area (Å²) in [6.07, 6.45) is 1.96. The van der Waals surface area contributed by atoms with E-state index in [1.165, 1.54) is 0 Å². The molecule has 0 bridgehead atoms. The first-order valence-corrected chi connectivity index (χ1v) is 6.98. The number of anilines is 1. The van der Waals surface area contributed by atoms with Gasteiger partial charge in [0.1, 0.15) is 0 Å². The van der Waals surface area contributed by atoms with Gasteiger partial charge in [-0.25, -0.2) is 0 Å². The van der Waals surface area contributed by atoms with Gasteiger partial charge >= 0.3 is 0 Å². The van der Waals surface area contributed by atoms with Gasteiger partial charge in [0.15, 0.2) is 0 Å². The highest BCUT2D eigenvalue weighted by Gasteiger charge is 2.26. The highest BCUT2D eigenvalue weighted by molar-refractivity contribution is 6.30. The molecule has 1 unspecified atom stereocenters. The molecule has 2 rings (SSSR count). The van der Waals surface area contributed by atoms with E-state index in [2.05, 4.69) is 10.2 Å². The van der Waals surface area contributed by atoms with Crippen molar-refractivity contribution in [2.75, 3.05) is 25.0 Å². The van der Waals surface area contributed by atoms with Crippen LogP contribution in [0.15, 0.2) is 18.2 Å². The van der Waals surface area contributed by atoms with Crippen LogP contribution in [0.1, 0.15) is 18.4 Å². The molecule has 1 amide bonds. The summed E-state index contributed by atoms with van der Waals surface area (Å²) >= 11 is 6.00. The van der Waals surface area contributed by atoms with Gasteiger partial charge in [0.05, 0.1) is 5.92 Å². The van der Waals surface area contributed by atoms with Crippen molar-refractivity contribution < 1.29 is 4.79 Å². The van der Waals surface area contributed by atoms with Crippen molar-refractivity contribution >= 4 is 23.2 Å². The Morgan fingerprint density at radius 2 is 2.37 bits per heavy atom. The van der Waals surface area contributed by atoms with Crippen molar-refractivity contribution in [3.63, 3.8) is 0 Å². The highest BCUT2D eigenvalue weighted by atomic mass is 35.5. The average Bonchev–Trinajstić information content (AvgIpc) is 2.46. The smallest absolute Gasteiger partial charge is 0.224 e. The van der Waals surface area contributed by atoms with E-state index in [9.17, 15) is 4.79 Å². The quantitative estimate of drug-likeness (QED) is 0.888. The molecule has 19 heavy (non-hydrogen) atoms. The van der Waals surface area contributed by atoms with Crippen molar-refractivity contribution in [3.8, 4) is 0 Å². The maximum absolute atomic E-state index is 11.8. The number of amides is 1. The minimum Gasteiger partial charge on any atom is -0.370 e. The molecule has 1 aliphatic heterocycles. The monoisotopic (exact) mass is 281 g/mol. The molecule has 0 saturated carbocycles. The Kier molecular flexibility index (Phi) is 4.66. The summed E-state index contributed by atoms with van der Waals surface area (Å²) < 4.78 is 0. The van der Waals surface area contributed by atoms with Crippen LogP contribution in [-0.4, -0.2) is 26.0 Å². The van der Waals surface area contributed by atoms with E-state index in [1.54, 1.807) is 7.05 Å². The molecule has 1 aromatic rings. The van der Waals surface area contributed by atoms with E-state index in [1.807, 2.05) is 18.2 Å². The Balaban J connectivity index is 2.19. The van der Waals surface area contributed by atoms with Crippen molar-refractivity contribution in [2.24, 2.45) is 11.7 Å². The fourth-order valence-corrected chi connectivity index (χ4v) is 2.83. The number of benzene rings is 1. The first kappa shape index (κ1) is 14.2. The summed E-state index contributed by atoms with van der Waals surface area (Å²) in [7, 11) is 1.69. The standard InChI is InChI=1S/C14H20ClN3O/c1-17-14(19)10-3-2-6-18(9-10)13-5-4-12(15)7-11(13)8-16/h4-5,7,10H,2-3,6,8-9,16H2,1H3,(H,17,19). The van der Waals surface area contributed by atoms with Crippen molar-refractivity contribution in [1.82, 2.24) is 5.32 Å². The molecule has 1 saturated heterocycles. The van der Waals surface area contributed by atoms with Crippen LogP contribution in [0, 0.1) is 5.92 Å². The third-order valence-electron chi connectivity index (χ3n) is 3.64. The zero-order chi connectivity index (χ0) is 13.8. The van der Waals surface area contributed by atoms with Gasteiger partial charge in [-0.05, 0) is 36.6 Å². The second-order valence-electron chi connectivity index (χ2n) is 4.88. The van der Waals surface area contributed by atoms with Gasteiger partial charge in [-0.15, -0.1) is 0 Å². The predicted octanol–water partition coefficient (Wildman–Crippen LogP) is 1.76. The average molecular weight is 282 g/mol. The van der Waals surface area contributed by atoms with Crippen molar-refractivity contribution in [2.45, 2.75) is 19.4 Å². The van der Waals surface area contributed by atoms with Crippen LogP contribution in [0.25, 0.3) is 0 Å². The topological polar surface area (TPSA) is 58.4 Å². The molecule has 1 aliphatic rings. The maximum atomic E-state index is 11.8. The molecule has 1 fully saturated rings. The van der Waals surface area contributed by atoms with Crippen LogP contribution in [0.5, 0.6) is 0 Å². The number of hydrogen-bond acceptors (Lipinski definition) is 3. The van der Waals surface area contributed by atoms with Gasteiger partial charge in [-0.3, -0.25) is 4.79 Å². The molecule has 0 aliphatic carbocycles. The molecule has 5 heteroatoms. The normalized spacial score (nSPS) is 19.3. The molecule has 1 atom stereocenters. The Labute approximate surface area is 118 Å². The van der Waals surface area contributed by atoms with Crippen LogP contribution in [-0.2, 0) is 11.3 Å². The number of halogens is 1. The number of carbonyl (C=O) groups excluding carboxylic acids is 1. The van der Waals surface area contributed by atoms with E-state index in [0.29, 0.717) is 11.6 Å². The molecule has 0 aromatic heterocycles.